The molecule has 0 atom stereocenters. The molecule has 0 saturated heterocycles. The molecule has 0 aliphatic carbocycles. The first-order valence-corrected chi connectivity index (χ1v) is 8.76. The molecule has 124 valence electrons. The highest BCUT2D eigenvalue weighted by atomic mass is 32.1. The zero-order valence-corrected chi connectivity index (χ0v) is 14.8. The summed E-state index contributed by atoms with van der Waals surface area (Å²) in [6.07, 6.45) is 0. The first-order chi connectivity index (χ1) is 11.6. The van der Waals surface area contributed by atoms with Gasteiger partial charge in [0.2, 0.25) is 5.82 Å². The molecule has 0 radical (unpaired) electrons. The first kappa shape index (κ1) is 16.4. The maximum Gasteiger partial charge on any atom is 0.293 e. The van der Waals surface area contributed by atoms with E-state index in [0.717, 1.165) is 10.6 Å². The second-order valence-corrected chi connectivity index (χ2v) is 7.01. The summed E-state index contributed by atoms with van der Waals surface area (Å²) in [4.78, 5) is 19.8. The van der Waals surface area contributed by atoms with E-state index >= 15 is 0 Å². The van der Waals surface area contributed by atoms with E-state index in [9.17, 15) is 4.79 Å². The van der Waals surface area contributed by atoms with Crippen LogP contribution in [0.1, 0.15) is 24.5 Å². The van der Waals surface area contributed by atoms with Crippen LogP contribution in [0.3, 0.4) is 0 Å². The van der Waals surface area contributed by atoms with Crippen molar-refractivity contribution in [3.63, 3.8) is 0 Å². The van der Waals surface area contributed by atoms with Crippen molar-refractivity contribution in [3.8, 4) is 16.4 Å². The summed E-state index contributed by atoms with van der Waals surface area (Å²) in [6, 6.07) is 13.7. The van der Waals surface area contributed by atoms with Gasteiger partial charge < -0.3 is 4.90 Å². The van der Waals surface area contributed by atoms with Crippen LogP contribution in [0.4, 0.5) is 0 Å². The zero-order chi connectivity index (χ0) is 17.1. The van der Waals surface area contributed by atoms with Crippen LogP contribution in [0, 0.1) is 5.92 Å². The molecule has 0 spiro atoms. The van der Waals surface area contributed by atoms with E-state index < -0.39 is 0 Å². The lowest BCUT2D eigenvalue weighted by Crippen LogP contribution is -2.31. The van der Waals surface area contributed by atoms with Crippen LogP contribution < -0.4 is 0 Å². The van der Waals surface area contributed by atoms with Crippen LogP contribution >= 0.6 is 11.3 Å². The van der Waals surface area contributed by atoms with Gasteiger partial charge in [0.15, 0.2) is 5.82 Å². The Hall–Kier alpha value is -2.47. The number of amides is 1. The average molecular weight is 340 g/mol. The Balaban J connectivity index is 2.03. The number of hydrogen-bond acceptors (Lipinski definition) is 4. The van der Waals surface area contributed by atoms with Gasteiger partial charge in [-0.1, -0.05) is 38.1 Å². The summed E-state index contributed by atoms with van der Waals surface area (Å²) < 4.78 is 1.74. The zero-order valence-electron chi connectivity index (χ0n) is 14.0. The van der Waals surface area contributed by atoms with E-state index in [1.165, 1.54) is 0 Å². The van der Waals surface area contributed by atoms with E-state index in [1.54, 1.807) is 28.0 Å². The van der Waals surface area contributed by atoms with Crippen LogP contribution in [0.25, 0.3) is 16.4 Å². The third-order valence-corrected chi connectivity index (χ3v) is 4.39. The Labute approximate surface area is 145 Å². The van der Waals surface area contributed by atoms with Gasteiger partial charge in [-0.3, -0.25) is 4.79 Å². The molecule has 0 unspecified atom stereocenters. The van der Waals surface area contributed by atoms with Crippen LogP contribution in [0.15, 0.2) is 47.8 Å². The largest absolute Gasteiger partial charge is 0.339 e. The molecule has 5 nitrogen and oxygen atoms in total. The Morgan fingerprint density at radius 3 is 2.58 bits per heavy atom. The number of aromatic nitrogens is 3. The highest BCUT2D eigenvalue weighted by molar-refractivity contribution is 7.13. The molecule has 3 rings (SSSR count). The Kier molecular flexibility index (Phi) is 4.76. The molecule has 0 aliphatic heterocycles. The van der Waals surface area contributed by atoms with E-state index in [1.807, 2.05) is 47.8 Å². The Bertz CT molecular complexity index is 809. The third-order valence-electron chi connectivity index (χ3n) is 3.53. The van der Waals surface area contributed by atoms with Gasteiger partial charge in [-0.2, -0.15) is 0 Å². The van der Waals surface area contributed by atoms with Crippen molar-refractivity contribution >= 4 is 17.2 Å². The molecule has 0 N–H and O–H groups in total. The normalized spacial score (nSPS) is 11.0. The molecule has 0 bridgehead atoms. The van der Waals surface area contributed by atoms with E-state index in [0.29, 0.717) is 18.3 Å². The van der Waals surface area contributed by atoms with E-state index in [2.05, 4.69) is 23.9 Å². The number of carbonyl (C=O) groups is 1. The van der Waals surface area contributed by atoms with Gasteiger partial charge in [-0.15, -0.1) is 16.4 Å². The smallest absolute Gasteiger partial charge is 0.293 e. The molecular weight excluding hydrogens is 320 g/mol. The molecule has 3 aromatic rings. The van der Waals surface area contributed by atoms with Crippen molar-refractivity contribution in [3.05, 3.63) is 53.7 Å². The van der Waals surface area contributed by atoms with Crippen molar-refractivity contribution in [1.82, 2.24) is 19.7 Å². The molecular formula is C18H20N4OS. The van der Waals surface area contributed by atoms with Crippen molar-refractivity contribution < 1.29 is 4.79 Å². The number of para-hydroxylation sites is 1. The van der Waals surface area contributed by atoms with Crippen molar-refractivity contribution in [1.29, 1.82) is 0 Å². The van der Waals surface area contributed by atoms with Crippen molar-refractivity contribution in [2.45, 2.75) is 13.8 Å². The lowest BCUT2D eigenvalue weighted by molar-refractivity contribution is 0.0767. The van der Waals surface area contributed by atoms with Gasteiger partial charge in [0.05, 0.1) is 10.6 Å². The molecule has 1 amide bonds. The highest BCUT2D eigenvalue weighted by Gasteiger charge is 2.22. The number of benzene rings is 1. The number of rotatable bonds is 5. The van der Waals surface area contributed by atoms with Crippen molar-refractivity contribution in [2.24, 2.45) is 5.92 Å². The summed E-state index contributed by atoms with van der Waals surface area (Å²) in [7, 11) is 1.79. The predicted octanol–water partition coefficient (Wildman–Crippen LogP) is 3.72. The second-order valence-electron chi connectivity index (χ2n) is 6.06. The molecule has 6 heteroatoms. The minimum Gasteiger partial charge on any atom is -0.339 e. The fourth-order valence-corrected chi connectivity index (χ4v) is 3.22. The minimum absolute atomic E-state index is 0.156. The minimum atomic E-state index is -0.156. The Morgan fingerprint density at radius 2 is 1.96 bits per heavy atom. The van der Waals surface area contributed by atoms with E-state index in [-0.39, 0.29) is 11.7 Å². The fourth-order valence-electron chi connectivity index (χ4n) is 2.52. The SMILES string of the molecule is CC(C)CN(C)C(=O)c1nc(-c2cccs2)n(-c2ccccc2)n1. The van der Waals surface area contributed by atoms with E-state index in [4.69, 9.17) is 0 Å². The molecule has 1 aromatic carbocycles. The van der Waals surface area contributed by atoms with Crippen LogP contribution in [-0.2, 0) is 0 Å². The summed E-state index contributed by atoms with van der Waals surface area (Å²) in [6.45, 7) is 4.83. The van der Waals surface area contributed by atoms with Gasteiger partial charge in [-0.25, -0.2) is 9.67 Å². The third kappa shape index (κ3) is 3.38. The number of carbonyl (C=O) groups excluding carboxylic acids is 1. The number of thiophene rings is 1. The van der Waals surface area contributed by atoms with Gasteiger partial charge in [0.25, 0.3) is 5.91 Å². The monoisotopic (exact) mass is 340 g/mol. The molecule has 24 heavy (non-hydrogen) atoms. The first-order valence-electron chi connectivity index (χ1n) is 7.88. The molecule has 0 aliphatic rings. The fraction of sp³-hybridized carbons (Fsp3) is 0.278. The van der Waals surface area contributed by atoms with Gasteiger partial charge >= 0.3 is 0 Å². The lowest BCUT2D eigenvalue weighted by atomic mass is 10.2. The summed E-state index contributed by atoms with van der Waals surface area (Å²) in [5.74, 6) is 1.16. The van der Waals surface area contributed by atoms with Crippen LogP contribution in [0.5, 0.6) is 0 Å². The average Bonchev–Trinajstić information content (AvgIpc) is 3.23. The van der Waals surface area contributed by atoms with Gasteiger partial charge in [0.1, 0.15) is 0 Å². The summed E-state index contributed by atoms with van der Waals surface area (Å²) in [5.41, 5.74) is 0.888. The summed E-state index contributed by atoms with van der Waals surface area (Å²) in [5, 5.41) is 6.48. The molecule has 2 heterocycles. The highest BCUT2D eigenvalue weighted by Crippen LogP contribution is 2.25. The Morgan fingerprint density at radius 1 is 1.21 bits per heavy atom. The number of nitrogens with zero attached hydrogens (tertiary/aromatic N) is 4. The van der Waals surface area contributed by atoms with Crippen LogP contribution in [-0.4, -0.2) is 39.2 Å². The van der Waals surface area contributed by atoms with Gasteiger partial charge in [-0.05, 0) is 29.5 Å². The van der Waals surface area contributed by atoms with Gasteiger partial charge in [0, 0.05) is 13.6 Å². The molecule has 0 fully saturated rings. The maximum atomic E-state index is 12.6. The lowest BCUT2D eigenvalue weighted by Gasteiger charge is -2.17. The quantitative estimate of drug-likeness (QED) is 0.711. The molecule has 2 aromatic heterocycles. The summed E-state index contributed by atoms with van der Waals surface area (Å²) >= 11 is 1.58. The van der Waals surface area contributed by atoms with Crippen LogP contribution in [0.2, 0.25) is 0 Å². The van der Waals surface area contributed by atoms with Crippen molar-refractivity contribution in [2.75, 3.05) is 13.6 Å². The number of hydrogen-bond donors (Lipinski definition) is 0. The second kappa shape index (κ2) is 6.97. The predicted molar refractivity (Wildman–Crippen MR) is 96.5 cm³/mol. The topological polar surface area (TPSA) is 51.0 Å². The standard InChI is InChI=1S/C18H20N4OS/c1-13(2)12-21(3)18(23)16-19-17(15-10-7-11-24-15)22(20-16)14-8-5-4-6-9-14/h4-11,13H,12H2,1-3H3. The maximum absolute atomic E-state index is 12.6. The molecule has 0 saturated carbocycles.